The number of amides is 1. The van der Waals surface area contributed by atoms with Gasteiger partial charge >= 0.3 is 0 Å². The summed E-state index contributed by atoms with van der Waals surface area (Å²) in [6.07, 6.45) is 5.77. The van der Waals surface area contributed by atoms with E-state index in [4.69, 9.17) is 0 Å². The Kier molecular flexibility index (Phi) is 8.56. The third-order valence-corrected chi connectivity index (χ3v) is 9.34. The number of halogens is 2. The summed E-state index contributed by atoms with van der Waals surface area (Å²) in [6.45, 7) is 3.83. The molecule has 0 bridgehead atoms. The van der Waals surface area contributed by atoms with Crippen LogP contribution in [-0.4, -0.2) is 23.9 Å². The summed E-state index contributed by atoms with van der Waals surface area (Å²) in [5, 5.41) is 0. The Morgan fingerprint density at radius 3 is 2.64 bits per heavy atom. The lowest BCUT2D eigenvalue weighted by molar-refractivity contribution is -0.119. The third-order valence-electron chi connectivity index (χ3n) is 7.87. The fraction of sp³-hybridized carbons (Fsp3) is 0.312. The van der Waals surface area contributed by atoms with Crippen molar-refractivity contribution in [1.29, 1.82) is 0 Å². The van der Waals surface area contributed by atoms with E-state index < -0.39 is 27.7 Å². The number of sulfonamides is 1. The first-order chi connectivity index (χ1) is 20.0. The average molecular weight is 593 g/mol. The van der Waals surface area contributed by atoms with Gasteiger partial charge in [-0.05, 0) is 90.8 Å². The lowest BCUT2D eigenvalue weighted by Gasteiger charge is -2.30. The van der Waals surface area contributed by atoms with Crippen LogP contribution in [0.2, 0.25) is 0 Å². The summed E-state index contributed by atoms with van der Waals surface area (Å²) in [6, 6.07) is 15.7. The predicted octanol–water partition coefficient (Wildman–Crippen LogP) is 6.09. The minimum absolute atomic E-state index is 0.0516. The highest BCUT2D eigenvalue weighted by atomic mass is 32.2. The van der Waals surface area contributed by atoms with Crippen molar-refractivity contribution < 1.29 is 22.0 Å². The fourth-order valence-electron chi connectivity index (χ4n) is 5.44. The molecule has 0 unspecified atom stereocenters. The second-order valence-corrected chi connectivity index (χ2v) is 12.7. The van der Waals surface area contributed by atoms with Gasteiger partial charge in [0.15, 0.2) is 11.6 Å². The van der Waals surface area contributed by atoms with Crippen molar-refractivity contribution in [3.63, 3.8) is 0 Å². The molecule has 4 aromatic rings. The van der Waals surface area contributed by atoms with Gasteiger partial charge in [-0.1, -0.05) is 31.2 Å². The first kappa shape index (κ1) is 29.6. The zero-order valence-corrected chi connectivity index (χ0v) is 24.7. The first-order valence-corrected chi connectivity index (χ1v) is 15.4. The zero-order valence-electron chi connectivity index (χ0n) is 23.8. The van der Waals surface area contributed by atoms with E-state index in [9.17, 15) is 22.0 Å². The number of anilines is 1. The quantitative estimate of drug-likeness (QED) is 0.255. The van der Waals surface area contributed by atoms with Crippen LogP contribution < -0.4 is 9.62 Å². The summed E-state index contributed by atoms with van der Waals surface area (Å²) >= 11 is 0. The molecule has 2 atom stereocenters. The Balaban J connectivity index is 1.46. The Labute approximate surface area is 245 Å². The van der Waals surface area contributed by atoms with E-state index in [0.29, 0.717) is 23.5 Å². The maximum Gasteiger partial charge on any atom is 0.241 e. The van der Waals surface area contributed by atoms with Gasteiger partial charge in [-0.2, -0.15) is 0 Å². The van der Waals surface area contributed by atoms with Crippen molar-refractivity contribution in [3.05, 3.63) is 113 Å². The van der Waals surface area contributed by atoms with Crippen LogP contribution in [0.4, 0.5) is 14.5 Å². The highest BCUT2D eigenvalue weighted by molar-refractivity contribution is 7.89. The number of hydrogen-bond donors (Lipinski definition) is 1. The maximum absolute atomic E-state index is 13.9. The number of carbonyl (C=O) groups excluding carboxylic acids is 1. The van der Waals surface area contributed by atoms with Crippen LogP contribution in [0.5, 0.6) is 0 Å². The molecule has 1 amide bonds. The molecule has 5 rings (SSSR count). The minimum Gasteiger partial charge on any atom is -0.337 e. The number of fused-ring (bicyclic) bond motifs is 1. The molecule has 10 heteroatoms. The molecular weight excluding hydrogens is 558 g/mol. The number of rotatable bonds is 9. The zero-order chi connectivity index (χ0) is 30.0. The van der Waals surface area contributed by atoms with Gasteiger partial charge in [0.2, 0.25) is 15.9 Å². The summed E-state index contributed by atoms with van der Waals surface area (Å²) in [5.41, 5.74) is 3.85. The number of hydrogen-bond acceptors (Lipinski definition) is 4. The second-order valence-electron chi connectivity index (χ2n) is 11.0. The standard InChI is InChI=1S/C32H34F2N4O3S/c1-21-6-4-8-26(16-21)42(40,41)36-30-9-5-7-23-10-12-25(19-27(23)30)38(20-31-35-14-15-37(31)3)32(39)17-22(2)24-11-13-28(33)29(34)18-24/h4,6,8,10-16,18-19,22,30,36H,5,7,9,17,20H2,1-3H3/t22-,30-/m1/s1. The molecule has 7 nitrogen and oxygen atoms in total. The number of imidazole rings is 1. The lowest BCUT2D eigenvalue weighted by atomic mass is 9.87. The lowest BCUT2D eigenvalue weighted by Crippen LogP contribution is -2.34. The third kappa shape index (κ3) is 6.44. The smallest absolute Gasteiger partial charge is 0.241 e. The van der Waals surface area contributed by atoms with Crippen LogP contribution in [-0.2, 0) is 34.8 Å². The highest BCUT2D eigenvalue weighted by Crippen LogP contribution is 2.35. The van der Waals surface area contributed by atoms with E-state index in [1.54, 1.807) is 42.4 Å². The van der Waals surface area contributed by atoms with Crippen molar-refractivity contribution in [2.45, 2.75) is 62.9 Å². The molecule has 1 aromatic heterocycles. The van der Waals surface area contributed by atoms with Gasteiger partial charge in [0.25, 0.3) is 0 Å². The van der Waals surface area contributed by atoms with Gasteiger partial charge in [0.05, 0.1) is 11.4 Å². The molecule has 0 aliphatic heterocycles. The van der Waals surface area contributed by atoms with E-state index in [1.165, 1.54) is 6.07 Å². The molecule has 1 N–H and O–H groups in total. The molecule has 0 saturated carbocycles. The molecule has 3 aromatic carbocycles. The van der Waals surface area contributed by atoms with Crippen LogP contribution in [0.15, 0.2) is 78.0 Å². The van der Waals surface area contributed by atoms with Gasteiger partial charge in [0, 0.05) is 37.6 Å². The van der Waals surface area contributed by atoms with Crippen molar-refractivity contribution in [1.82, 2.24) is 14.3 Å². The van der Waals surface area contributed by atoms with Crippen LogP contribution in [0.25, 0.3) is 0 Å². The van der Waals surface area contributed by atoms with Gasteiger partial charge < -0.3 is 9.47 Å². The summed E-state index contributed by atoms with van der Waals surface area (Å²) in [5.74, 6) is -1.81. The van der Waals surface area contributed by atoms with Gasteiger partial charge in [0.1, 0.15) is 5.82 Å². The maximum atomic E-state index is 13.9. The van der Waals surface area contributed by atoms with Crippen molar-refractivity contribution in [2.75, 3.05) is 4.90 Å². The molecule has 1 aliphatic rings. The van der Waals surface area contributed by atoms with E-state index in [-0.39, 0.29) is 29.7 Å². The molecule has 0 radical (unpaired) electrons. The molecule has 0 fully saturated rings. The predicted molar refractivity (Wildman–Crippen MR) is 157 cm³/mol. The summed E-state index contributed by atoms with van der Waals surface area (Å²) in [4.78, 5) is 20.1. The Morgan fingerprint density at radius 1 is 1.12 bits per heavy atom. The molecular formula is C32H34F2N4O3S. The molecule has 0 spiro atoms. The van der Waals surface area contributed by atoms with Crippen LogP contribution in [0, 0.1) is 18.6 Å². The molecule has 1 aliphatic carbocycles. The molecule has 42 heavy (non-hydrogen) atoms. The second kappa shape index (κ2) is 12.1. The normalized spacial score (nSPS) is 15.7. The number of nitrogens with zero attached hydrogens (tertiary/aromatic N) is 3. The number of aryl methyl sites for hydroxylation is 3. The molecule has 1 heterocycles. The van der Waals surface area contributed by atoms with Crippen LogP contribution >= 0.6 is 0 Å². The number of aromatic nitrogens is 2. The van der Waals surface area contributed by atoms with Crippen molar-refractivity contribution in [2.24, 2.45) is 7.05 Å². The van der Waals surface area contributed by atoms with Gasteiger partial charge in [-0.15, -0.1) is 0 Å². The Bertz CT molecular complexity index is 1720. The summed E-state index contributed by atoms with van der Waals surface area (Å²) < 4.78 is 58.7. The first-order valence-electron chi connectivity index (χ1n) is 13.9. The highest BCUT2D eigenvalue weighted by Gasteiger charge is 2.28. The number of benzene rings is 3. The Hall–Kier alpha value is -3.89. The Morgan fingerprint density at radius 2 is 1.93 bits per heavy atom. The van der Waals surface area contributed by atoms with Crippen molar-refractivity contribution >= 4 is 21.6 Å². The van der Waals surface area contributed by atoms with E-state index in [2.05, 4.69) is 9.71 Å². The van der Waals surface area contributed by atoms with E-state index in [1.807, 2.05) is 42.8 Å². The SMILES string of the molecule is Cc1cccc(S(=O)(=O)N[C@@H]2CCCc3ccc(N(Cc4nccn4C)C(=O)C[C@@H](C)c4ccc(F)c(F)c4)cc32)c1. The minimum atomic E-state index is -3.78. The van der Waals surface area contributed by atoms with Crippen molar-refractivity contribution in [3.8, 4) is 0 Å². The van der Waals surface area contributed by atoms with Crippen LogP contribution in [0.3, 0.4) is 0 Å². The van der Waals surface area contributed by atoms with E-state index in [0.717, 1.165) is 41.7 Å². The topological polar surface area (TPSA) is 84.3 Å². The monoisotopic (exact) mass is 592 g/mol. The average Bonchev–Trinajstić information content (AvgIpc) is 3.37. The van der Waals surface area contributed by atoms with Crippen LogP contribution in [0.1, 0.15) is 66.2 Å². The molecule has 220 valence electrons. The number of nitrogens with one attached hydrogen (secondary N) is 1. The van der Waals surface area contributed by atoms with Gasteiger partial charge in [-0.3, -0.25) is 4.79 Å². The summed E-state index contributed by atoms with van der Waals surface area (Å²) in [7, 11) is -1.93. The fourth-order valence-corrected chi connectivity index (χ4v) is 6.79. The van der Waals surface area contributed by atoms with Gasteiger partial charge in [-0.25, -0.2) is 26.9 Å². The molecule has 0 saturated heterocycles. The number of carbonyl (C=O) groups is 1. The van der Waals surface area contributed by atoms with E-state index >= 15 is 0 Å². The largest absolute Gasteiger partial charge is 0.337 e.